The Bertz CT molecular complexity index is 2400. The van der Waals surface area contributed by atoms with Gasteiger partial charge in [0.2, 0.25) is 9.84 Å². The van der Waals surface area contributed by atoms with Gasteiger partial charge in [0.05, 0.1) is 21.2 Å². The van der Waals surface area contributed by atoms with Crippen molar-refractivity contribution in [2.75, 3.05) is 4.90 Å². The molecule has 1 aliphatic carbocycles. The van der Waals surface area contributed by atoms with E-state index in [-0.39, 0.29) is 10.8 Å². The van der Waals surface area contributed by atoms with Gasteiger partial charge < -0.3 is 4.90 Å². The minimum absolute atomic E-state index is 0.0944. The van der Waals surface area contributed by atoms with Gasteiger partial charge in [-0.25, -0.2) is 8.42 Å². The van der Waals surface area contributed by atoms with E-state index in [1.807, 2.05) is 24.3 Å². The van der Waals surface area contributed by atoms with Crippen LogP contribution in [0, 0.1) is 0 Å². The highest BCUT2D eigenvalue weighted by atomic mass is 32.2. The summed E-state index contributed by atoms with van der Waals surface area (Å²) in [5, 5.41) is 0. The van der Waals surface area contributed by atoms with Crippen LogP contribution in [0.5, 0.6) is 0 Å². The monoisotopic (exact) mass is 615 g/mol. The molecule has 0 radical (unpaired) electrons. The minimum Gasteiger partial charge on any atom is -0.310 e. The van der Waals surface area contributed by atoms with Crippen LogP contribution in [0.3, 0.4) is 0 Å². The molecule has 2 aliphatic heterocycles. The van der Waals surface area contributed by atoms with Gasteiger partial charge in [0, 0.05) is 27.6 Å². The van der Waals surface area contributed by atoms with Crippen molar-refractivity contribution >= 4 is 26.9 Å². The highest BCUT2D eigenvalue weighted by molar-refractivity contribution is 7.92. The summed E-state index contributed by atoms with van der Waals surface area (Å²) < 4.78 is 26.5. The minimum atomic E-state index is -3.51. The number of nitrogens with zero attached hydrogens (tertiary/aromatic N) is 1. The molecule has 6 aromatic rings. The molecule has 9 rings (SSSR count). The van der Waals surface area contributed by atoms with E-state index in [0.717, 1.165) is 33.6 Å². The summed E-state index contributed by atoms with van der Waals surface area (Å²) in [6, 6.07) is 44.3. The molecule has 224 valence electrons. The zero-order valence-corrected chi connectivity index (χ0v) is 27.1. The van der Waals surface area contributed by atoms with E-state index in [4.69, 9.17) is 0 Å². The fourth-order valence-electron chi connectivity index (χ4n) is 8.19. The second-order valence-corrected chi connectivity index (χ2v) is 15.7. The van der Waals surface area contributed by atoms with E-state index in [1.165, 1.54) is 39.1 Å². The highest BCUT2D eigenvalue weighted by Gasteiger charge is 2.40. The van der Waals surface area contributed by atoms with Crippen molar-refractivity contribution in [3.63, 3.8) is 0 Å². The summed E-state index contributed by atoms with van der Waals surface area (Å²) in [5.41, 5.74) is 14.7. The maximum atomic E-state index is 13.3. The van der Waals surface area contributed by atoms with Crippen molar-refractivity contribution < 1.29 is 8.42 Å². The quantitative estimate of drug-likeness (QED) is 0.194. The van der Waals surface area contributed by atoms with Crippen LogP contribution in [-0.2, 0) is 20.7 Å². The number of hydrogen-bond donors (Lipinski definition) is 0. The molecule has 0 bridgehead atoms. The fraction of sp³-hybridized carbons (Fsp3) is 0.143. The van der Waals surface area contributed by atoms with Crippen molar-refractivity contribution in [2.24, 2.45) is 0 Å². The topological polar surface area (TPSA) is 37.4 Å². The maximum Gasteiger partial charge on any atom is 0.207 e. The summed E-state index contributed by atoms with van der Waals surface area (Å²) in [5.74, 6) is 0. The Labute approximate surface area is 270 Å². The normalized spacial score (nSPS) is 16.9. The average molecular weight is 616 g/mol. The lowest BCUT2D eigenvalue weighted by atomic mass is 9.72. The lowest BCUT2D eigenvalue weighted by Crippen LogP contribution is -2.30. The lowest BCUT2D eigenvalue weighted by Gasteiger charge is -2.42. The fourth-order valence-corrected chi connectivity index (χ4v) is 9.86. The molecule has 0 saturated carbocycles. The number of anilines is 3. The Morgan fingerprint density at radius 2 is 1.04 bits per heavy atom. The summed E-state index contributed by atoms with van der Waals surface area (Å²) in [6.45, 7) is 9.27. The number of para-hydroxylation sites is 1. The molecule has 0 aromatic heterocycles. The first kappa shape index (κ1) is 27.4. The molecule has 3 nitrogen and oxygen atoms in total. The molecule has 0 unspecified atom stereocenters. The van der Waals surface area contributed by atoms with E-state index in [9.17, 15) is 8.42 Å². The van der Waals surface area contributed by atoms with Crippen LogP contribution in [-0.4, -0.2) is 8.42 Å². The third kappa shape index (κ3) is 3.51. The Kier molecular flexibility index (Phi) is 5.41. The predicted octanol–water partition coefficient (Wildman–Crippen LogP) is 10.6. The van der Waals surface area contributed by atoms with Crippen molar-refractivity contribution in [1.29, 1.82) is 0 Å². The van der Waals surface area contributed by atoms with E-state index in [1.54, 1.807) is 18.2 Å². The Hall–Kier alpha value is -4.93. The molecular formula is C42H33NO2S. The average Bonchev–Trinajstić information content (AvgIpc) is 3.44. The van der Waals surface area contributed by atoms with Gasteiger partial charge in [0.1, 0.15) is 0 Å². The third-order valence-corrected chi connectivity index (χ3v) is 12.5. The number of fused-ring (bicyclic) bond motifs is 8. The van der Waals surface area contributed by atoms with E-state index >= 15 is 0 Å². The van der Waals surface area contributed by atoms with Crippen LogP contribution in [0.4, 0.5) is 17.1 Å². The maximum absolute atomic E-state index is 13.3. The molecule has 2 heterocycles. The number of benzene rings is 6. The smallest absolute Gasteiger partial charge is 0.207 e. The molecule has 0 spiro atoms. The Morgan fingerprint density at radius 1 is 0.457 bits per heavy atom. The standard InChI is InChI=1S/C42H33NO2S/c1-41(2)33-13-7-5-11-29(33)30-20-19-28(25-35(30)41)43-37-15-9-8-14-34(37)42(3,4)36-24-27(17-21-38(36)43)26-18-22-40-32(23-26)31-12-6-10-16-39(31)46(40,44)45/h5-25H,1-4H3. The van der Waals surface area contributed by atoms with Gasteiger partial charge >= 0.3 is 0 Å². The number of hydrogen-bond acceptors (Lipinski definition) is 3. The van der Waals surface area contributed by atoms with Gasteiger partial charge in [-0.2, -0.15) is 0 Å². The third-order valence-electron chi connectivity index (χ3n) is 10.6. The first-order valence-corrected chi connectivity index (χ1v) is 17.3. The molecule has 0 N–H and O–H groups in total. The Morgan fingerprint density at radius 3 is 1.87 bits per heavy atom. The second kappa shape index (κ2) is 9.08. The molecule has 0 fully saturated rings. The molecule has 46 heavy (non-hydrogen) atoms. The summed E-state index contributed by atoms with van der Waals surface area (Å²) in [7, 11) is -3.51. The van der Waals surface area contributed by atoms with Crippen LogP contribution in [0.1, 0.15) is 49.9 Å². The summed E-state index contributed by atoms with van der Waals surface area (Å²) in [4.78, 5) is 3.20. The van der Waals surface area contributed by atoms with Crippen molar-refractivity contribution in [1.82, 2.24) is 0 Å². The van der Waals surface area contributed by atoms with Gasteiger partial charge in [-0.1, -0.05) is 107 Å². The summed E-state index contributed by atoms with van der Waals surface area (Å²) >= 11 is 0. The zero-order chi connectivity index (χ0) is 31.6. The van der Waals surface area contributed by atoms with Gasteiger partial charge in [-0.05, 0) is 93.0 Å². The molecule has 6 aromatic carbocycles. The first-order valence-electron chi connectivity index (χ1n) is 15.9. The van der Waals surface area contributed by atoms with Crippen molar-refractivity contribution in [3.8, 4) is 33.4 Å². The van der Waals surface area contributed by atoms with Crippen molar-refractivity contribution in [3.05, 3.63) is 150 Å². The number of sulfone groups is 1. The van der Waals surface area contributed by atoms with Gasteiger partial charge in [0.25, 0.3) is 0 Å². The van der Waals surface area contributed by atoms with E-state index < -0.39 is 9.84 Å². The summed E-state index contributed by atoms with van der Waals surface area (Å²) in [6.07, 6.45) is 0. The van der Waals surface area contributed by atoms with Gasteiger partial charge in [-0.3, -0.25) is 0 Å². The largest absolute Gasteiger partial charge is 0.310 e. The molecule has 0 saturated heterocycles. The molecular weight excluding hydrogens is 583 g/mol. The number of rotatable bonds is 2. The van der Waals surface area contributed by atoms with E-state index in [2.05, 4.69) is 118 Å². The van der Waals surface area contributed by atoms with Crippen molar-refractivity contribution in [2.45, 2.75) is 48.3 Å². The SMILES string of the molecule is CC1(C)c2ccccc2-c2ccc(N3c4ccccc4C(C)(C)c4cc(-c5ccc6c(c5)-c5ccccc5S6(=O)=O)ccc43)cc21. The van der Waals surface area contributed by atoms with E-state index in [0.29, 0.717) is 9.79 Å². The van der Waals surface area contributed by atoms with Crippen LogP contribution in [0.2, 0.25) is 0 Å². The van der Waals surface area contributed by atoms with Crippen LogP contribution < -0.4 is 4.90 Å². The van der Waals surface area contributed by atoms with Crippen LogP contribution >= 0.6 is 0 Å². The van der Waals surface area contributed by atoms with Crippen LogP contribution in [0.15, 0.2) is 137 Å². The Balaban J connectivity index is 1.22. The molecule has 4 heteroatoms. The molecule has 0 atom stereocenters. The van der Waals surface area contributed by atoms with Crippen LogP contribution in [0.25, 0.3) is 33.4 Å². The highest BCUT2D eigenvalue weighted by Crippen LogP contribution is 2.55. The van der Waals surface area contributed by atoms with Gasteiger partial charge in [-0.15, -0.1) is 0 Å². The molecule has 3 aliphatic rings. The zero-order valence-electron chi connectivity index (χ0n) is 26.3. The lowest BCUT2D eigenvalue weighted by molar-refractivity contribution is 0.598. The predicted molar refractivity (Wildman–Crippen MR) is 187 cm³/mol. The van der Waals surface area contributed by atoms with Gasteiger partial charge in [0.15, 0.2) is 0 Å². The second-order valence-electron chi connectivity index (χ2n) is 13.8. The molecule has 0 amide bonds. The first-order chi connectivity index (χ1) is 22.1.